The van der Waals surface area contributed by atoms with Gasteiger partial charge < -0.3 is 10.5 Å². The van der Waals surface area contributed by atoms with Gasteiger partial charge in [-0.05, 0) is 26.3 Å². The number of nitrogens with zero attached hydrogens (tertiary/aromatic N) is 1. The van der Waals surface area contributed by atoms with Crippen molar-refractivity contribution in [3.63, 3.8) is 0 Å². The lowest BCUT2D eigenvalue weighted by Crippen LogP contribution is -2.45. The fourth-order valence-electron chi connectivity index (χ4n) is 2.40. The summed E-state index contributed by atoms with van der Waals surface area (Å²) in [5.74, 6) is 2.00. The van der Waals surface area contributed by atoms with Crippen LogP contribution in [0.25, 0.3) is 0 Å². The second-order valence-corrected chi connectivity index (χ2v) is 6.16. The van der Waals surface area contributed by atoms with Crippen LogP contribution >= 0.6 is 0 Å². The van der Waals surface area contributed by atoms with Crippen LogP contribution in [0.5, 0.6) is 0 Å². The van der Waals surface area contributed by atoms with E-state index in [9.17, 15) is 4.79 Å². The number of carbonyl (C=O) groups excluding carboxylic acids is 1. The van der Waals surface area contributed by atoms with Crippen molar-refractivity contribution in [1.29, 1.82) is 0 Å². The lowest BCUT2D eigenvalue weighted by molar-refractivity contribution is -0.0588. The van der Waals surface area contributed by atoms with Crippen LogP contribution in [-0.2, 0) is 16.1 Å². The minimum absolute atomic E-state index is 0.314. The lowest BCUT2D eigenvalue weighted by Gasteiger charge is -2.29. The van der Waals surface area contributed by atoms with E-state index in [1.807, 2.05) is 49.8 Å². The Morgan fingerprint density at radius 2 is 2.00 bits per heavy atom. The summed E-state index contributed by atoms with van der Waals surface area (Å²) < 4.78 is 5.92. The molecular weight excluding hydrogens is 252 g/mol. The van der Waals surface area contributed by atoms with Crippen molar-refractivity contribution in [2.45, 2.75) is 45.2 Å². The number of likely N-dealkylation sites (tertiary alicyclic amines) is 1. The van der Waals surface area contributed by atoms with Crippen LogP contribution in [0.3, 0.4) is 0 Å². The normalized spacial score (nSPS) is 23.9. The molecule has 1 aliphatic rings. The Bertz CT molecular complexity index is 501. The minimum Gasteiger partial charge on any atom is -0.364 e. The average Bonchev–Trinajstić information content (AvgIpc) is 2.67. The van der Waals surface area contributed by atoms with Crippen LogP contribution < -0.4 is 5.73 Å². The van der Waals surface area contributed by atoms with E-state index in [4.69, 9.17) is 10.5 Å². The molecule has 0 amide bonds. The number of hydrogen-bond acceptors (Lipinski definition) is 4. The first kappa shape index (κ1) is 14.9. The zero-order chi connectivity index (χ0) is 14.8. The molecule has 0 spiro atoms. The zero-order valence-electron chi connectivity index (χ0n) is 12.3. The summed E-state index contributed by atoms with van der Waals surface area (Å²) in [6.07, 6.45) is -0.693. The van der Waals surface area contributed by atoms with Crippen molar-refractivity contribution < 1.29 is 9.53 Å². The van der Waals surface area contributed by atoms with Gasteiger partial charge in [-0.15, -0.1) is 0 Å². The predicted octanol–water partition coefficient (Wildman–Crippen LogP) is 1.73. The second-order valence-electron chi connectivity index (χ2n) is 6.16. The molecule has 108 valence electrons. The van der Waals surface area contributed by atoms with E-state index in [0.29, 0.717) is 18.7 Å². The quantitative estimate of drug-likeness (QED) is 0.853. The molecule has 1 fully saturated rings. The number of nitrogens with two attached hydrogens (primary N) is 1. The third kappa shape index (κ3) is 3.56. The van der Waals surface area contributed by atoms with Crippen molar-refractivity contribution in [3.05, 3.63) is 41.5 Å². The summed E-state index contributed by atoms with van der Waals surface area (Å²) in [5.41, 5.74) is 7.68. The van der Waals surface area contributed by atoms with E-state index in [2.05, 4.69) is 12.1 Å². The van der Waals surface area contributed by atoms with Gasteiger partial charge in [0.25, 0.3) is 0 Å². The topological polar surface area (TPSA) is 55.6 Å². The largest absolute Gasteiger partial charge is 0.364 e. The maximum absolute atomic E-state index is 11.1. The lowest BCUT2D eigenvalue weighted by atomic mass is 10.1. The van der Waals surface area contributed by atoms with Crippen molar-refractivity contribution in [2.24, 2.45) is 5.73 Å². The van der Waals surface area contributed by atoms with Gasteiger partial charge in [-0.3, -0.25) is 4.90 Å². The molecule has 0 aliphatic carbocycles. The smallest absolute Gasteiger partial charge is 0.127 e. The van der Waals surface area contributed by atoms with Crippen LogP contribution in [0, 0.1) is 0 Å². The van der Waals surface area contributed by atoms with Crippen LogP contribution in [0.4, 0.5) is 0 Å². The molecule has 20 heavy (non-hydrogen) atoms. The Morgan fingerprint density at radius 1 is 1.35 bits per heavy atom. The zero-order valence-corrected chi connectivity index (χ0v) is 12.3. The number of ether oxygens (including phenoxy) is 1. The van der Waals surface area contributed by atoms with Gasteiger partial charge in [0.2, 0.25) is 0 Å². The molecule has 2 N–H and O–H groups in total. The van der Waals surface area contributed by atoms with Crippen LogP contribution in [0.2, 0.25) is 0 Å². The van der Waals surface area contributed by atoms with Gasteiger partial charge in [0, 0.05) is 13.1 Å². The van der Waals surface area contributed by atoms with Gasteiger partial charge in [0.15, 0.2) is 0 Å². The van der Waals surface area contributed by atoms with E-state index >= 15 is 0 Å². The van der Waals surface area contributed by atoms with Crippen molar-refractivity contribution in [1.82, 2.24) is 4.90 Å². The summed E-state index contributed by atoms with van der Waals surface area (Å²) >= 11 is 0. The molecule has 4 heteroatoms. The van der Waals surface area contributed by atoms with Gasteiger partial charge >= 0.3 is 0 Å². The summed E-state index contributed by atoms with van der Waals surface area (Å²) in [6, 6.07) is 10.1. The molecule has 2 rings (SSSR count). The van der Waals surface area contributed by atoms with Crippen molar-refractivity contribution >= 4 is 5.94 Å². The highest BCUT2D eigenvalue weighted by molar-refractivity contribution is 5.56. The first-order chi connectivity index (χ1) is 9.40. The summed E-state index contributed by atoms with van der Waals surface area (Å²) in [7, 11) is 0. The molecule has 0 aromatic heterocycles. The standard InChI is InChI=1S/C16H22N2O2/c1-16(2,3)20-14-13(11-19)10-18(15(14)17)9-12-7-5-4-6-8-12/h4-8,14-15H,9-10,17H2,1-3H3/t14-,15?/m1/s1. The Hall–Kier alpha value is -1.45. The molecule has 1 aliphatic heterocycles. The minimum atomic E-state index is -0.379. The van der Waals surface area contributed by atoms with Crippen LogP contribution in [0.1, 0.15) is 26.3 Å². The number of hydrogen-bond donors (Lipinski definition) is 1. The molecule has 4 nitrogen and oxygen atoms in total. The van der Waals surface area contributed by atoms with Gasteiger partial charge in [0.05, 0.1) is 17.3 Å². The van der Waals surface area contributed by atoms with Crippen LogP contribution in [-0.4, -0.2) is 35.3 Å². The SMILES string of the molecule is CC(C)(C)O[C@@H]1C(=C=O)CN(Cc2ccccc2)C1N. The van der Waals surface area contributed by atoms with Gasteiger partial charge in [-0.25, -0.2) is 4.79 Å². The van der Waals surface area contributed by atoms with E-state index in [0.717, 1.165) is 0 Å². The van der Waals surface area contributed by atoms with Gasteiger partial charge in [-0.2, -0.15) is 0 Å². The molecular formula is C16H22N2O2. The fourth-order valence-corrected chi connectivity index (χ4v) is 2.40. The van der Waals surface area contributed by atoms with E-state index < -0.39 is 0 Å². The highest BCUT2D eigenvalue weighted by atomic mass is 16.5. The van der Waals surface area contributed by atoms with Crippen LogP contribution in [0.15, 0.2) is 35.9 Å². The molecule has 0 saturated carbocycles. The summed E-state index contributed by atoms with van der Waals surface area (Å²) in [5, 5.41) is 0. The Kier molecular flexibility index (Phi) is 4.41. The number of rotatable bonds is 3. The summed E-state index contributed by atoms with van der Waals surface area (Å²) in [6.45, 7) is 7.10. The number of benzene rings is 1. The van der Waals surface area contributed by atoms with E-state index in [1.54, 1.807) is 0 Å². The molecule has 1 aromatic carbocycles. The van der Waals surface area contributed by atoms with Crippen molar-refractivity contribution in [3.8, 4) is 0 Å². The highest BCUT2D eigenvalue weighted by Gasteiger charge is 2.39. The van der Waals surface area contributed by atoms with E-state index in [-0.39, 0.29) is 17.9 Å². The Labute approximate surface area is 120 Å². The second kappa shape index (κ2) is 5.90. The maximum Gasteiger partial charge on any atom is 0.127 e. The molecule has 2 atom stereocenters. The van der Waals surface area contributed by atoms with Crippen molar-refractivity contribution in [2.75, 3.05) is 6.54 Å². The monoisotopic (exact) mass is 274 g/mol. The molecule has 0 radical (unpaired) electrons. The first-order valence-electron chi connectivity index (χ1n) is 6.86. The predicted molar refractivity (Wildman–Crippen MR) is 78.7 cm³/mol. The molecule has 1 saturated heterocycles. The molecule has 1 heterocycles. The third-order valence-electron chi connectivity index (χ3n) is 3.29. The average molecular weight is 274 g/mol. The first-order valence-corrected chi connectivity index (χ1v) is 6.86. The summed E-state index contributed by atoms with van der Waals surface area (Å²) in [4.78, 5) is 13.2. The van der Waals surface area contributed by atoms with Gasteiger partial charge in [0.1, 0.15) is 12.0 Å². The fraction of sp³-hybridized carbons (Fsp3) is 0.500. The highest BCUT2D eigenvalue weighted by Crippen LogP contribution is 2.26. The van der Waals surface area contributed by atoms with E-state index in [1.165, 1.54) is 5.56 Å². The maximum atomic E-state index is 11.1. The third-order valence-corrected chi connectivity index (χ3v) is 3.29. The molecule has 0 bridgehead atoms. The molecule has 1 aromatic rings. The van der Waals surface area contributed by atoms with Gasteiger partial charge in [-0.1, -0.05) is 30.3 Å². The Morgan fingerprint density at radius 3 is 2.55 bits per heavy atom. The Balaban J connectivity index is 2.12. The molecule has 1 unspecified atom stereocenters.